The molecule has 0 radical (unpaired) electrons. The monoisotopic (exact) mass is 240 g/mol. The molecular weight excluding hydrogens is 212 g/mol. The van der Waals surface area contributed by atoms with Crippen LogP contribution in [0.2, 0.25) is 0 Å². The third kappa shape index (κ3) is 3.43. The van der Waals surface area contributed by atoms with Crippen LogP contribution in [0.25, 0.3) is 0 Å². The summed E-state index contributed by atoms with van der Waals surface area (Å²) in [5.74, 6) is 0.853. The van der Waals surface area contributed by atoms with Crippen molar-refractivity contribution in [3.63, 3.8) is 0 Å². The Morgan fingerprint density at radius 3 is 2.65 bits per heavy atom. The van der Waals surface area contributed by atoms with Crippen LogP contribution < -0.4 is 5.32 Å². The van der Waals surface area contributed by atoms with Crippen LogP contribution in [0.15, 0.2) is 0 Å². The second-order valence-corrected chi connectivity index (χ2v) is 6.55. The number of morpholine rings is 1. The van der Waals surface area contributed by atoms with Crippen LogP contribution in [0.5, 0.6) is 0 Å². The fourth-order valence-electron chi connectivity index (χ4n) is 2.99. The molecule has 0 aromatic heterocycles. The van der Waals surface area contributed by atoms with Gasteiger partial charge in [0.05, 0.1) is 12.2 Å². The fraction of sp³-hybridized carbons (Fsp3) is 1.00. The van der Waals surface area contributed by atoms with E-state index in [4.69, 9.17) is 4.74 Å². The van der Waals surface area contributed by atoms with Crippen LogP contribution in [-0.2, 0) is 4.74 Å². The number of hydrogen-bond acceptors (Lipinski definition) is 3. The van der Waals surface area contributed by atoms with Gasteiger partial charge in [-0.2, -0.15) is 0 Å². The van der Waals surface area contributed by atoms with E-state index in [9.17, 15) is 0 Å². The Bertz CT molecular complexity index is 253. The molecule has 2 fully saturated rings. The molecule has 1 saturated carbocycles. The molecule has 1 saturated heterocycles. The van der Waals surface area contributed by atoms with E-state index in [0.29, 0.717) is 6.04 Å². The minimum Gasteiger partial charge on any atom is -0.373 e. The highest BCUT2D eigenvalue weighted by Gasteiger charge is 2.39. The van der Waals surface area contributed by atoms with E-state index in [2.05, 4.69) is 37.9 Å². The number of rotatable bonds is 4. The van der Waals surface area contributed by atoms with Gasteiger partial charge in [-0.05, 0) is 39.2 Å². The quantitative estimate of drug-likeness (QED) is 0.812. The first-order valence-electron chi connectivity index (χ1n) is 7.09. The molecule has 100 valence electrons. The highest BCUT2D eigenvalue weighted by Crippen LogP contribution is 2.34. The molecule has 2 aliphatic rings. The van der Waals surface area contributed by atoms with Crippen LogP contribution in [0.3, 0.4) is 0 Å². The summed E-state index contributed by atoms with van der Waals surface area (Å²) in [6.45, 7) is 13.2. The van der Waals surface area contributed by atoms with E-state index in [-0.39, 0.29) is 5.60 Å². The van der Waals surface area contributed by atoms with E-state index < -0.39 is 0 Å². The van der Waals surface area contributed by atoms with E-state index >= 15 is 0 Å². The summed E-state index contributed by atoms with van der Waals surface area (Å²) in [7, 11) is 0. The van der Waals surface area contributed by atoms with E-state index in [0.717, 1.165) is 31.7 Å². The van der Waals surface area contributed by atoms with Crippen LogP contribution in [0.4, 0.5) is 0 Å². The minimum absolute atomic E-state index is 0.0455. The standard InChI is InChI=1S/C14H28N2O/c1-11(2)15-9-12-5-6-13(12)16-7-8-17-14(3,4)10-16/h11-13,15H,5-10H2,1-4H3. The Morgan fingerprint density at radius 1 is 1.35 bits per heavy atom. The molecule has 1 N–H and O–H groups in total. The van der Waals surface area contributed by atoms with Crippen molar-refractivity contribution in [2.24, 2.45) is 5.92 Å². The third-order valence-corrected chi connectivity index (χ3v) is 4.09. The number of nitrogens with zero attached hydrogens (tertiary/aromatic N) is 1. The Hall–Kier alpha value is -0.120. The summed E-state index contributed by atoms with van der Waals surface area (Å²) >= 11 is 0. The maximum Gasteiger partial charge on any atom is 0.0753 e. The summed E-state index contributed by atoms with van der Waals surface area (Å²) in [5.41, 5.74) is 0.0455. The highest BCUT2D eigenvalue weighted by molar-refractivity contribution is 4.93. The van der Waals surface area contributed by atoms with Gasteiger partial charge in [0.25, 0.3) is 0 Å². The molecule has 17 heavy (non-hydrogen) atoms. The van der Waals surface area contributed by atoms with Crippen molar-refractivity contribution in [3.05, 3.63) is 0 Å². The van der Waals surface area contributed by atoms with Gasteiger partial charge >= 0.3 is 0 Å². The summed E-state index contributed by atoms with van der Waals surface area (Å²) in [5, 5.41) is 3.58. The van der Waals surface area contributed by atoms with Gasteiger partial charge in [-0.3, -0.25) is 4.90 Å². The first-order chi connectivity index (χ1) is 7.98. The Morgan fingerprint density at radius 2 is 2.12 bits per heavy atom. The lowest BCUT2D eigenvalue weighted by Crippen LogP contribution is -2.58. The van der Waals surface area contributed by atoms with Gasteiger partial charge in [0.15, 0.2) is 0 Å². The zero-order valence-electron chi connectivity index (χ0n) is 11.8. The second kappa shape index (κ2) is 5.25. The molecule has 0 spiro atoms. The molecule has 0 bridgehead atoms. The molecule has 0 amide bonds. The Balaban J connectivity index is 1.81. The SMILES string of the molecule is CC(C)NCC1CCC1N1CCOC(C)(C)C1. The molecule has 2 atom stereocenters. The lowest BCUT2D eigenvalue weighted by atomic mass is 9.77. The molecule has 1 heterocycles. The summed E-state index contributed by atoms with van der Waals surface area (Å²) < 4.78 is 5.79. The fourth-order valence-corrected chi connectivity index (χ4v) is 2.99. The van der Waals surface area contributed by atoms with Crippen LogP contribution in [0, 0.1) is 5.92 Å². The van der Waals surface area contributed by atoms with Crippen molar-refractivity contribution in [1.82, 2.24) is 10.2 Å². The molecule has 0 aromatic carbocycles. The first-order valence-corrected chi connectivity index (χ1v) is 7.09. The average Bonchev–Trinajstić information content (AvgIpc) is 2.13. The summed E-state index contributed by atoms with van der Waals surface area (Å²) in [4.78, 5) is 2.65. The van der Waals surface area contributed by atoms with Crippen molar-refractivity contribution in [3.8, 4) is 0 Å². The second-order valence-electron chi connectivity index (χ2n) is 6.55. The number of hydrogen-bond donors (Lipinski definition) is 1. The van der Waals surface area contributed by atoms with Gasteiger partial charge in [-0.15, -0.1) is 0 Å². The molecule has 1 aliphatic heterocycles. The van der Waals surface area contributed by atoms with Crippen molar-refractivity contribution in [1.29, 1.82) is 0 Å². The lowest BCUT2D eigenvalue weighted by molar-refractivity contribution is -0.114. The molecular formula is C14H28N2O. The van der Waals surface area contributed by atoms with Crippen molar-refractivity contribution in [2.75, 3.05) is 26.2 Å². The highest BCUT2D eigenvalue weighted by atomic mass is 16.5. The predicted molar refractivity (Wildman–Crippen MR) is 71.3 cm³/mol. The average molecular weight is 240 g/mol. The molecule has 1 aliphatic carbocycles. The zero-order valence-corrected chi connectivity index (χ0v) is 11.8. The van der Waals surface area contributed by atoms with Gasteiger partial charge in [0.1, 0.15) is 0 Å². The predicted octanol–water partition coefficient (Wildman–Crippen LogP) is 1.87. The topological polar surface area (TPSA) is 24.5 Å². The van der Waals surface area contributed by atoms with Gasteiger partial charge in [0, 0.05) is 25.2 Å². The summed E-state index contributed by atoms with van der Waals surface area (Å²) in [6, 6.07) is 1.40. The maximum absolute atomic E-state index is 5.79. The van der Waals surface area contributed by atoms with Crippen molar-refractivity contribution >= 4 is 0 Å². The largest absolute Gasteiger partial charge is 0.373 e. The third-order valence-electron chi connectivity index (χ3n) is 4.09. The minimum atomic E-state index is 0.0455. The molecule has 2 unspecified atom stereocenters. The van der Waals surface area contributed by atoms with Crippen LogP contribution in [-0.4, -0.2) is 48.8 Å². The van der Waals surface area contributed by atoms with Crippen molar-refractivity contribution < 1.29 is 4.74 Å². The van der Waals surface area contributed by atoms with E-state index in [1.807, 2.05) is 0 Å². The van der Waals surface area contributed by atoms with Gasteiger partial charge in [-0.25, -0.2) is 0 Å². The molecule has 3 nitrogen and oxygen atoms in total. The molecule has 3 heteroatoms. The molecule has 2 rings (SSSR count). The van der Waals surface area contributed by atoms with Gasteiger partial charge in [-0.1, -0.05) is 13.8 Å². The van der Waals surface area contributed by atoms with Crippen LogP contribution >= 0.6 is 0 Å². The summed E-state index contributed by atoms with van der Waals surface area (Å²) in [6.07, 6.45) is 2.77. The number of ether oxygens (including phenoxy) is 1. The Labute approximate surface area is 106 Å². The normalized spacial score (nSPS) is 33.7. The van der Waals surface area contributed by atoms with Crippen molar-refractivity contribution in [2.45, 2.75) is 58.2 Å². The van der Waals surface area contributed by atoms with Gasteiger partial charge in [0.2, 0.25) is 0 Å². The van der Waals surface area contributed by atoms with Crippen LogP contribution in [0.1, 0.15) is 40.5 Å². The van der Waals surface area contributed by atoms with E-state index in [1.165, 1.54) is 19.4 Å². The smallest absolute Gasteiger partial charge is 0.0753 e. The zero-order chi connectivity index (χ0) is 12.5. The Kier molecular flexibility index (Phi) is 4.11. The molecule has 0 aromatic rings. The maximum atomic E-state index is 5.79. The first kappa shape index (κ1) is 13.3. The van der Waals surface area contributed by atoms with Gasteiger partial charge < -0.3 is 10.1 Å². The van der Waals surface area contributed by atoms with E-state index in [1.54, 1.807) is 0 Å². The lowest BCUT2D eigenvalue weighted by Gasteiger charge is -2.49. The number of nitrogens with one attached hydrogen (secondary N) is 1.